The Morgan fingerprint density at radius 2 is 1.96 bits per heavy atom. The molecule has 0 aliphatic carbocycles. The monoisotopic (exact) mass is 384 g/mol. The number of aromatic nitrogens is 1. The van der Waals surface area contributed by atoms with E-state index in [4.69, 9.17) is 16.3 Å². The number of carbonyl (C=O) groups is 2. The lowest BCUT2D eigenvalue weighted by Gasteiger charge is -2.32. The second kappa shape index (κ2) is 9.20. The molecule has 0 spiro atoms. The van der Waals surface area contributed by atoms with Gasteiger partial charge in [0.15, 0.2) is 0 Å². The molecule has 0 bridgehead atoms. The molecular formula is C21H21ClN2O3. The average molecular weight is 385 g/mol. The zero-order chi connectivity index (χ0) is 19.9. The fraction of sp³-hybridized carbons (Fsp3) is 0.286. The fourth-order valence-corrected chi connectivity index (χ4v) is 2.48. The predicted octanol–water partition coefficient (Wildman–Crippen LogP) is 4.69. The number of carbonyl (C=O) groups excluding carboxylic acids is 2. The molecule has 5 nitrogen and oxygen atoms in total. The van der Waals surface area contributed by atoms with Gasteiger partial charge < -0.3 is 4.74 Å². The van der Waals surface area contributed by atoms with Crippen LogP contribution in [0, 0.1) is 11.8 Å². The van der Waals surface area contributed by atoms with Crippen LogP contribution in [0.15, 0.2) is 48.7 Å². The van der Waals surface area contributed by atoms with Crippen LogP contribution in [0.3, 0.4) is 0 Å². The normalized spacial score (nSPS) is 10.5. The quantitative estimate of drug-likeness (QED) is 0.720. The predicted molar refractivity (Wildman–Crippen MR) is 104 cm³/mol. The molecule has 0 saturated carbocycles. The summed E-state index contributed by atoms with van der Waals surface area (Å²) < 4.78 is 5.32. The van der Waals surface area contributed by atoms with E-state index in [1.54, 1.807) is 57.3 Å². The van der Waals surface area contributed by atoms with Crippen LogP contribution in [0.25, 0.3) is 0 Å². The standard InChI is InChI=1S/C21H21ClN2O3/c1-21(2,3)24(20(26)27-18-12-8-9-16(22)15-18)19(25)13-5-4-10-17-11-6-7-14-23-17/h6-9,11-12,14-15H,5,13H2,1-3H3. The summed E-state index contributed by atoms with van der Waals surface area (Å²) in [7, 11) is 0. The molecule has 0 radical (unpaired) electrons. The van der Waals surface area contributed by atoms with E-state index in [0.29, 0.717) is 17.1 Å². The molecule has 6 heteroatoms. The van der Waals surface area contributed by atoms with Gasteiger partial charge in [-0.2, -0.15) is 0 Å². The molecule has 1 aromatic carbocycles. The van der Waals surface area contributed by atoms with Gasteiger partial charge in [0.05, 0.1) is 0 Å². The molecule has 0 unspecified atom stereocenters. The molecular weight excluding hydrogens is 364 g/mol. The van der Waals surface area contributed by atoms with Gasteiger partial charge in [0.1, 0.15) is 11.4 Å². The van der Waals surface area contributed by atoms with Crippen LogP contribution in [0.2, 0.25) is 5.02 Å². The minimum atomic E-state index is -0.743. The molecule has 0 atom stereocenters. The zero-order valence-electron chi connectivity index (χ0n) is 15.5. The van der Waals surface area contributed by atoms with E-state index >= 15 is 0 Å². The molecule has 0 N–H and O–H groups in total. The van der Waals surface area contributed by atoms with Gasteiger partial charge in [0.25, 0.3) is 0 Å². The topological polar surface area (TPSA) is 59.5 Å². The molecule has 2 rings (SSSR count). The van der Waals surface area contributed by atoms with Crippen molar-refractivity contribution in [3.8, 4) is 17.6 Å². The van der Waals surface area contributed by atoms with Crippen LogP contribution in [-0.2, 0) is 4.79 Å². The van der Waals surface area contributed by atoms with Crippen LogP contribution in [0.4, 0.5) is 4.79 Å². The second-order valence-electron chi connectivity index (χ2n) is 6.74. The number of nitrogens with zero attached hydrogens (tertiary/aromatic N) is 2. The van der Waals surface area contributed by atoms with Crippen molar-refractivity contribution in [2.45, 2.75) is 39.2 Å². The summed E-state index contributed by atoms with van der Waals surface area (Å²) >= 11 is 5.90. The number of imide groups is 1. The first-order valence-electron chi connectivity index (χ1n) is 8.48. The molecule has 1 heterocycles. The minimum absolute atomic E-state index is 0.0990. The first kappa shape index (κ1) is 20.5. The molecule has 1 aromatic heterocycles. The van der Waals surface area contributed by atoms with Crippen molar-refractivity contribution in [3.05, 3.63) is 59.4 Å². The molecule has 27 heavy (non-hydrogen) atoms. The van der Waals surface area contributed by atoms with Crippen molar-refractivity contribution in [2.75, 3.05) is 0 Å². The van der Waals surface area contributed by atoms with E-state index in [9.17, 15) is 9.59 Å². The van der Waals surface area contributed by atoms with Gasteiger partial charge in [-0.05, 0) is 57.0 Å². The number of hydrogen-bond donors (Lipinski definition) is 0. The van der Waals surface area contributed by atoms with Crippen LogP contribution in [0.1, 0.15) is 39.3 Å². The zero-order valence-corrected chi connectivity index (χ0v) is 16.3. The molecule has 0 fully saturated rings. The maximum atomic E-state index is 12.6. The summed E-state index contributed by atoms with van der Waals surface area (Å²) in [4.78, 5) is 30.4. The molecule has 2 amide bonds. The highest BCUT2D eigenvalue weighted by Crippen LogP contribution is 2.21. The molecule has 0 saturated heterocycles. The summed E-state index contributed by atoms with van der Waals surface area (Å²) in [5.74, 6) is 5.72. The Morgan fingerprint density at radius 1 is 1.19 bits per heavy atom. The van der Waals surface area contributed by atoms with Crippen molar-refractivity contribution in [2.24, 2.45) is 0 Å². The van der Waals surface area contributed by atoms with Gasteiger partial charge >= 0.3 is 6.09 Å². The summed E-state index contributed by atoms with van der Waals surface area (Å²) in [6.45, 7) is 5.30. The lowest BCUT2D eigenvalue weighted by Crippen LogP contribution is -2.50. The molecule has 140 valence electrons. The summed E-state index contributed by atoms with van der Waals surface area (Å²) in [5, 5.41) is 0.443. The Morgan fingerprint density at radius 3 is 2.59 bits per heavy atom. The number of halogens is 1. The maximum Gasteiger partial charge on any atom is 0.422 e. The highest BCUT2D eigenvalue weighted by atomic mass is 35.5. The third-order valence-electron chi connectivity index (χ3n) is 3.45. The summed E-state index contributed by atoms with van der Waals surface area (Å²) in [6, 6.07) is 11.9. The van der Waals surface area contributed by atoms with Gasteiger partial charge in [0.2, 0.25) is 5.91 Å². The number of amides is 2. The third kappa shape index (κ3) is 6.43. The van der Waals surface area contributed by atoms with E-state index < -0.39 is 11.6 Å². The smallest absolute Gasteiger partial charge is 0.410 e. The first-order valence-corrected chi connectivity index (χ1v) is 8.85. The highest BCUT2D eigenvalue weighted by Gasteiger charge is 2.33. The summed E-state index contributed by atoms with van der Waals surface area (Å²) in [5.41, 5.74) is -0.0979. The number of hydrogen-bond acceptors (Lipinski definition) is 4. The maximum absolute atomic E-state index is 12.6. The van der Waals surface area contributed by atoms with E-state index in [1.807, 2.05) is 6.07 Å². The van der Waals surface area contributed by atoms with Gasteiger partial charge in [-0.15, -0.1) is 0 Å². The largest absolute Gasteiger partial charge is 0.422 e. The number of rotatable bonds is 3. The highest BCUT2D eigenvalue weighted by molar-refractivity contribution is 6.30. The van der Waals surface area contributed by atoms with E-state index in [-0.39, 0.29) is 18.1 Å². The van der Waals surface area contributed by atoms with Crippen molar-refractivity contribution in [3.63, 3.8) is 0 Å². The minimum Gasteiger partial charge on any atom is -0.410 e. The number of pyridine rings is 1. The molecule has 0 aliphatic rings. The van der Waals surface area contributed by atoms with Gasteiger partial charge in [-0.25, -0.2) is 14.7 Å². The molecule has 2 aromatic rings. The number of ether oxygens (including phenoxy) is 1. The van der Waals surface area contributed by atoms with Crippen molar-refractivity contribution in [1.82, 2.24) is 9.88 Å². The van der Waals surface area contributed by atoms with E-state index in [0.717, 1.165) is 4.90 Å². The molecule has 0 aliphatic heterocycles. The Labute approximate surface area is 164 Å². The Kier molecular flexibility index (Phi) is 6.98. The number of benzene rings is 1. The fourth-order valence-electron chi connectivity index (χ4n) is 2.30. The van der Waals surface area contributed by atoms with Crippen molar-refractivity contribution in [1.29, 1.82) is 0 Å². The Hall–Kier alpha value is -2.84. The SMILES string of the molecule is CC(C)(C)N(C(=O)CCC#Cc1ccccn1)C(=O)Oc1cccc(Cl)c1. The van der Waals surface area contributed by atoms with Crippen LogP contribution in [-0.4, -0.2) is 27.4 Å². The van der Waals surface area contributed by atoms with E-state index in [1.165, 1.54) is 6.07 Å². The first-order chi connectivity index (χ1) is 12.8. The lowest BCUT2D eigenvalue weighted by molar-refractivity contribution is -0.132. The Bertz CT molecular complexity index is 864. The lowest BCUT2D eigenvalue weighted by atomic mass is 10.1. The summed E-state index contributed by atoms with van der Waals surface area (Å²) in [6.07, 6.45) is 1.32. The van der Waals surface area contributed by atoms with Gasteiger partial charge in [0, 0.05) is 29.6 Å². The van der Waals surface area contributed by atoms with Crippen molar-refractivity contribution >= 4 is 23.6 Å². The van der Waals surface area contributed by atoms with Crippen LogP contribution < -0.4 is 4.74 Å². The second-order valence-corrected chi connectivity index (χ2v) is 7.18. The van der Waals surface area contributed by atoms with Crippen LogP contribution >= 0.6 is 11.6 Å². The van der Waals surface area contributed by atoms with Crippen LogP contribution in [0.5, 0.6) is 5.75 Å². The Balaban J connectivity index is 2.03. The van der Waals surface area contributed by atoms with Crippen molar-refractivity contribution < 1.29 is 14.3 Å². The third-order valence-corrected chi connectivity index (χ3v) is 3.68. The van der Waals surface area contributed by atoms with Gasteiger partial charge in [-0.3, -0.25) is 4.79 Å². The van der Waals surface area contributed by atoms with E-state index in [2.05, 4.69) is 16.8 Å². The average Bonchev–Trinajstić information content (AvgIpc) is 2.58. The van der Waals surface area contributed by atoms with Gasteiger partial charge in [-0.1, -0.05) is 29.7 Å².